The van der Waals surface area contributed by atoms with Crippen molar-refractivity contribution in [2.75, 3.05) is 7.11 Å². The van der Waals surface area contributed by atoms with E-state index in [0.717, 1.165) is 10.4 Å². The predicted octanol–water partition coefficient (Wildman–Crippen LogP) is 2.48. The van der Waals surface area contributed by atoms with Crippen LogP contribution in [0.3, 0.4) is 0 Å². The summed E-state index contributed by atoms with van der Waals surface area (Å²) in [4.78, 5) is 12.3. The molecule has 4 nitrogen and oxygen atoms in total. The molecule has 0 saturated carbocycles. The summed E-state index contributed by atoms with van der Waals surface area (Å²) in [7, 11) is 1.31. The molecule has 0 aliphatic heterocycles. The molecule has 0 radical (unpaired) electrons. The fourth-order valence-electron chi connectivity index (χ4n) is 1.56. The van der Waals surface area contributed by atoms with Gasteiger partial charge in [-0.05, 0) is 36.1 Å². The van der Waals surface area contributed by atoms with E-state index < -0.39 is 5.97 Å². The van der Waals surface area contributed by atoms with E-state index in [1.165, 1.54) is 7.11 Å². The van der Waals surface area contributed by atoms with E-state index in [1.807, 2.05) is 18.4 Å². The van der Waals surface area contributed by atoms with Gasteiger partial charge in [0.1, 0.15) is 5.76 Å². The Bertz CT molecular complexity index is 529. The van der Waals surface area contributed by atoms with Crippen LogP contribution in [0.2, 0.25) is 0 Å². The fourth-order valence-corrected chi connectivity index (χ4v) is 2.50. The van der Waals surface area contributed by atoms with Crippen LogP contribution in [0.25, 0.3) is 0 Å². The number of hydrogen-bond acceptors (Lipinski definition) is 5. The summed E-state index contributed by atoms with van der Waals surface area (Å²) in [6.07, 6.45) is 0. The van der Waals surface area contributed by atoms with Crippen LogP contribution >= 0.6 is 11.3 Å². The summed E-state index contributed by atoms with van der Waals surface area (Å²) in [5, 5.41) is 1.98. The molecule has 90 valence electrons. The number of aryl methyl sites for hydroxylation is 1. The van der Waals surface area contributed by atoms with E-state index in [1.54, 1.807) is 23.5 Å². The van der Waals surface area contributed by atoms with E-state index in [-0.39, 0.29) is 11.8 Å². The Balaban J connectivity index is 2.26. The summed E-state index contributed by atoms with van der Waals surface area (Å²) >= 11 is 1.57. The summed E-state index contributed by atoms with van der Waals surface area (Å²) in [6, 6.07) is 4.94. The first kappa shape index (κ1) is 11.9. The molecule has 0 amide bonds. The van der Waals surface area contributed by atoms with Gasteiger partial charge in [-0.3, -0.25) is 0 Å². The summed E-state index contributed by atoms with van der Waals surface area (Å²) in [5.74, 6) is 0.245. The van der Waals surface area contributed by atoms with Crippen molar-refractivity contribution < 1.29 is 13.9 Å². The van der Waals surface area contributed by atoms with Crippen LogP contribution in [0.1, 0.15) is 32.8 Å². The van der Waals surface area contributed by atoms with Crippen molar-refractivity contribution in [1.82, 2.24) is 0 Å². The Labute approximate surface area is 103 Å². The second-order valence-electron chi connectivity index (χ2n) is 3.64. The van der Waals surface area contributed by atoms with E-state index in [4.69, 9.17) is 10.2 Å². The zero-order valence-corrected chi connectivity index (χ0v) is 10.4. The number of thiophene rings is 1. The lowest BCUT2D eigenvalue weighted by atomic mass is 10.1. The largest absolute Gasteiger partial charge is 0.463 e. The zero-order valence-electron chi connectivity index (χ0n) is 9.60. The van der Waals surface area contributed by atoms with Gasteiger partial charge in [0, 0.05) is 4.88 Å². The van der Waals surface area contributed by atoms with E-state index >= 15 is 0 Å². The number of furan rings is 1. The monoisotopic (exact) mass is 251 g/mol. The molecule has 17 heavy (non-hydrogen) atoms. The van der Waals surface area contributed by atoms with Gasteiger partial charge in [0.2, 0.25) is 5.76 Å². The minimum atomic E-state index is -0.494. The first-order chi connectivity index (χ1) is 8.13. The Kier molecular flexibility index (Phi) is 3.31. The average Bonchev–Trinajstić information content (AvgIpc) is 2.95. The van der Waals surface area contributed by atoms with Crippen molar-refractivity contribution in [2.24, 2.45) is 5.73 Å². The minimum absolute atomic E-state index is 0.173. The quantitative estimate of drug-likeness (QED) is 0.851. The highest BCUT2D eigenvalue weighted by Gasteiger charge is 2.19. The van der Waals surface area contributed by atoms with Gasteiger partial charge in [0.15, 0.2) is 0 Å². The number of methoxy groups -OCH3 is 1. The van der Waals surface area contributed by atoms with Crippen LogP contribution in [0, 0.1) is 6.92 Å². The van der Waals surface area contributed by atoms with Crippen molar-refractivity contribution >= 4 is 17.3 Å². The fraction of sp³-hybridized carbons (Fsp3) is 0.250. The average molecular weight is 251 g/mol. The lowest BCUT2D eigenvalue weighted by Gasteiger charge is -2.07. The van der Waals surface area contributed by atoms with Crippen molar-refractivity contribution in [3.8, 4) is 0 Å². The normalized spacial score (nSPS) is 12.4. The molecule has 2 aromatic rings. The van der Waals surface area contributed by atoms with Crippen LogP contribution in [0.15, 0.2) is 28.0 Å². The molecule has 0 aliphatic rings. The number of rotatable bonds is 3. The molecule has 1 atom stereocenters. The van der Waals surface area contributed by atoms with Crippen molar-refractivity contribution in [2.45, 2.75) is 13.0 Å². The molecule has 2 aromatic heterocycles. The lowest BCUT2D eigenvalue weighted by molar-refractivity contribution is 0.0563. The van der Waals surface area contributed by atoms with E-state index in [2.05, 4.69) is 4.74 Å². The van der Waals surface area contributed by atoms with Gasteiger partial charge in [-0.2, -0.15) is 0 Å². The highest BCUT2D eigenvalue weighted by atomic mass is 32.1. The maximum atomic E-state index is 11.2. The Morgan fingerprint density at radius 2 is 2.24 bits per heavy atom. The zero-order chi connectivity index (χ0) is 12.4. The number of ether oxygens (including phenoxy) is 1. The maximum absolute atomic E-state index is 11.2. The third-order valence-electron chi connectivity index (χ3n) is 2.50. The Morgan fingerprint density at radius 3 is 2.82 bits per heavy atom. The van der Waals surface area contributed by atoms with Gasteiger partial charge < -0.3 is 14.9 Å². The molecule has 5 heteroatoms. The molecule has 2 N–H and O–H groups in total. The van der Waals surface area contributed by atoms with Crippen LogP contribution in [-0.4, -0.2) is 13.1 Å². The second-order valence-corrected chi connectivity index (χ2v) is 4.59. The number of hydrogen-bond donors (Lipinski definition) is 1. The molecule has 2 heterocycles. The molecule has 2 rings (SSSR count). The van der Waals surface area contributed by atoms with Gasteiger partial charge in [0.25, 0.3) is 0 Å². The number of nitrogens with two attached hydrogens (primary N) is 1. The summed E-state index contributed by atoms with van der Waals surface area (Å²) in [6.45, 7) is 2.00. The lowest BCUT2D eigenvalue weighted by Crippen LogP contribution is -2.10. The van der Waals surface area contributed by atoms with Gasteiger partial charge in [-0.25, -0.2) is 4.79 Å². The van der Waals surface area contributed by atoms with Crippen LogP contribution in [-0.2, 0) is 4.74 Å². The first-order valence-corrected chi connectivity index (χ1v) is 5.99. The van der Waals surface area contributed by atoms with Gasteiger partial charge >= 0.3 is 5.97 Å². The standard InChI is InChI=1S/C12H13NO3S/c1-7-5-6-17-11(7)10(13)8-3-4-9(16-8)12(14)15-2/h3-6,10H,13H2,1-2H3. The molecule has 1 unspecified atom stereocenters. The second kappa shape index (κ2) is 4.73. The third kappa shape index (κ3) is 2.25. The Hall–Kier alpha value is -1.59. The summed E-state index contributed by atoms with van der Waals surface area (Å²) in [5.41, 5.74) is 7.20. The molecule has 0 spiro atoms. The number of carbonyl (C=O) groups is 1. The first-order valence-electron chi connectivity index (χ1n) is 5.11. The highest BCUT2D eigenvalue weighted by Crippen LogP contribution is 2.28. The topological polar surface area (TPSA) is 65.5 Å². The number of esters is 1. The molecular weight excluding hydrogens is 238 g/mol. The molecule has 0 aromatic carbocycles. The van der Waals surface area contributed by atoms with E-state index in [0.29, 0.717) is 5.76 Å². The van der Waals surface area contributed by atoms with Gasteiger partial charge in [-0.1, -0.05) is 0 Å². The van der Waals surface area contributed by atoms with Crippen molar-refractivity contribution in [3.05, 3.63) is 45.5 Å². The minimum Gasteiger partial charge on any atom is -0.463 e. The molecule has 0 saturated heterocycles. The number of carbonyl (C=O) groups excluding carboxylic acids is 1. The van der Waals surface area contributed by atoms with E-state index in [9.17, 15) is 4.79 Å². The smallest absolute Gasteiger partial charge is 0.373 e. The molecule has 0 bridgehead atoms. The Morgan fingerprint density at radius 1 is 1.47 bits per heavy atom. The van der Waals surface area contributed by atoms with Crippen LogP contribution < -0.4 is 5.73 Å². The maximum Gasteiger partial charge on any atom is 0.373 e. The third-order valence-corrected chi connectivity index (χ3v) is 3.61. The predicted molar refractivity (Wildman–Crippen MR) is 65.1 cm³/mol. The van der Waals surface area contributed by atoms with Gasteiger partial charge in [0.05, 0.1) is 13.2 Å². The van der Waals surface area contributed by atoms with Crippen molar-refractivity contribution in [1.29, 1.82) is 0 Å². The van der Waals surface area contributed by atoms with Crippen molar-refractivity contribution in [3.63, 3.8) is 0 Å². The molecule has 0 aliphatic carbocycles. The molecular formula is C12H13NO3S. The molecule has 0 fully saturated rings. The summed E-state index contributed by atoms with van der Waals surface area (Å²) < 4.78 is 9.96. The van der Waals surface area contributed by atoms with Gasteiger partial charge in [-0.15, -0.1) is 11.3 Å². The van der Waals surface area contributed by atoms with Crippen LogP contribution in [0.5, 0.6) is 0 Å². The SMILES string of the molecule is COC(=O)c1ccc(C(N)c2sccc2C)o1. The highest BCUT2D eigenvalue weighted by molar-refractivity contribution is 7.10. The van der Waals surface area contributed by atoms with Crippen LogP contribution in [0.4, 0.5) is 0 Å².